The van der Waals surface area contributed by atoms with E-state index in [2.05, 4.69) is 0 Å². The number of carbonyl (C=O) groups is 1. The Bertz CT molecular complexity index is 1000. The second-order valence-corrected chi connectivity index (χ2v) is 7.53. The Kier molecular flexibility index (Phi) is 5.98. The summed E-state index contributed by atoms with van der Waals surface area (Å²) in [5, 5.41) is 0. The van der Waals surface area contributed by atoms with Crippen molar-refractivity contribution in [1.29, 1.82) is 0 Å². The first-order valence-corrected chi connectivity index (χ1v) is 10.2. The average molecular weight is 402 g/mol. The maximum atomic E-state index is 13.2. The molecule has 0 radical (unpaired) electrons. The van der Waals surface area contributed by atoms with Crippen LogP contribution < -0.4 is 4.74 Å². The predicted octanol–water partition coefficient (Wildman–Crippen LogP) is 5.07. The van der Waals surface area contributed by atoms with Crippen LogP contribution in [0.3, 0.4) is 0 Å². The molecule has 1 aliphatic heterocycles. The summed E-state index contributed by atoms with van der Waals surface area (Å²) in [6.07, 6.45) is 1.23. The largest absolute Gasteiger partial charge is 0.497 e. The van der Waals surface area contributed by atoms with Crippen LogP contribution in [-0.2, 0) is 21.7 Å². The second-order valence-electron chi connectivity index (χ2n) is 7.53. The van der Waals surface area contributed by atoms with Crippen LogP contribution >= 0.6 is 0 Å². The van der Waals surface area contributed by atoms with Crippen molar-refractivity contribution in [3.8, 4) is 5.75 Å². The number of rotatable bonds is 7. The summed E-state index contributed by atoms with van der Waals surface area (Å²) in [7, 11) is 1.63. The van der Waals surface area contributed by atoms with Gasteiger partial charge in [-0.25, -0.2) is 0 Å². The van der Waals surface area contributed by atoms with Gasteiger partial charge in [-0.15, -0.1) is 0 Å². The quantitative estimate of drug-likeness (QED) is 0.518. The topological polar surface area (TPSA) is 44.8 Å². The fourth-order valence-electron chi connectivity index (χ4n) is 3.89. The Morgan fingerprint density at radius 3 is 2.33 bits per heavy atom. The summed E-state index contributed by atoms with van der Waals surface area (Å²) < 4.78 is 17.5. The maximum Gasteiger partial charge on any atom is 0.195 e. The van der Waals surface area contributed by atoms with Crippen molar-refractivity contribution >= 4 is 5.78 Å². The van der Waals surface area contributed by atoms with Gasteiger partial charge in [-0.05, 0) is 37.1 Å². The molecule has 1 fully saturated rings. The normalized spacial score (nSPS) is 15.1. The molecule has 4 nitrogen and oxygen atoms in total. The van der Waals surface area contributed by atoms with Gasteiger partial charge in [0.2, 0.25) is 0 Å². The van der Waals surface area contributed by atoms with Crippen molar-refractivity contribution in [2.75, 3.05) is 20.3 Å². The molecule has 0 amide bonds. The Morgan fingerprint density at radius 1 is 0.967 bits per heavy atom. The molecule has 4 heteroatoms. The molecule has 30 heavy (non-hydrogen) atoms. The first kappa shape index (κ1) is 20.3. The highest BCUT2D eigenvalue weighted by Gasteiger charge is 2.38. The molecule has 3 aromatic rings. The highest BCUT2D eigenvalue weighted by atomic mass is 16.7. The van der Waals surface area contributed by atoms with E-state index in [-0.39, 0.29) is 5.78 Å². The zero-order valence-electron chi connectivity index (χ0n) is 17.4. The Hall–Kier alpha value is -2.95. The number of ether oxygens (including phenoxy) is 3. The predicted molar refractivity (Wildman–Crippen MR) is 116 cm³/mol. The Morgan fingerprint density at radius 2 is 1.67 bits per heavy atom. The fourth-order valence-corrected chi connectivity index (χ4v) is 3.89. The highest BCUT2D eigenvalue weighted by molar-refractivity contribution is 6.10. The summed E-state index contributed by atoms with van der Waals surface area (Å²) in [4.78, 5) is 13.2. The van der Waals surface area contributed by atoms with Gasteiger partial charge < -0.3 is 14.2 Å². The van der Waals surface area contributed by atoms with E-state index in [9.17, 15) is 4.79 Å². The van der Waals surface area contributed by atoms with Gasteiger partial charge in [-0.1, -0.05) is 60.2 Å². The van der Waals surface area contributed by atoms with Crippen LogP contribution in [0, 0.1) is 6.92 Å². The molecule has 1 aliphatic rings. The third-order valence-corrected chi connectivity index (χ3v) is 5.56. The minimum absolute atomic E-state index is 0.00896. The summed E-state index contributed by atoms with van der Waals surface area (Å²) >= 11 is 0. The lowest BCUT2D eigenvalue weighted by Crippen LogP contribution is -2.28. The molecule has 0 atom stereocenters. The second kappa shape index (κ2) is 8.82. The molecule has 0 unspecified atom stereocenters. The van der Waals surface area contributed by atoms with E-state index >= 15 is 0 Å². The van der Waals surface area contributed by atoms with Gasteiger partial charge in [0, 0.05) is 23.1 Å². The van der Waals surface area contributed by atoms with Crippen LogP contribution in [0.2, 0.25) is 0 Å². The highest BCUT2D eigenvalue weighted by Crippen LogP contribution is 2.36. The first-order chi connectivity index (χ1) is 14.6. The molecule has 0 spiro atoms. The van der Waals surface area contributed by atoms with E-state index in [1.165, 1.54) is 0 Å². The number of carbonyl (C=O) groups excluding carboxylic acids is 1. The number of ketones is 1. The Labute approximate surface area is 177 Å². The van der Waals surface area contributed by atoms with E-state index in [4.69, 9.17) is 14.2 Å². The molecule has 0 bridgehead atoms. The summed E-state index contributed by atoms with van der Waals surface area (Å²) in [5.41, 5.74) is 4.41. The van der Waals surface area contributed by atoms with Gasteiger partial charge in [0.15, 0.2) is 11.6 Å². The van der Waals surface area contributed by atoms with Gasteiger partial charge in [0.05, 0.1) is 20.3 Å². The van der Waals surface area contributed by atoms with E-state index < -0.39 is 5.79 Å². The molecule has 154 valence electrons. The van der Waals surface area contributed by atoms with E-state index in [0.717, 1.165) is 22.4 Å². The van der Waals surface area contributed by atoms with Gasteiger partial charge in [-0.3, -0.25) is 4.79 Å². The summed E-state index contributed by atoms with van der Waals surface area (Å²) in [6.45, 7) is 3.13. The molecular formula is C26H26O4. The minimum Gasteiger partial charge on any atom is -0.497 e. The van der Waals surface area contributed by atoms with Crippen molar-refractivity contribution in [1.82, 2.24) is 0 Å². The number of methoxy groups -OCH3 is 1. The molecule has 0 aliphatic carbocycles. The monoisotopic (exact) mass is 402 g/mol. The Balaban J connectivity index is 1.64. The van der Waals surface area contributed by atoms with Crippen LogP contribution in [0.15, 0.2) is 72.8 Å². The van der Waals surface area contributed by atoms with Crippen molar-refractivity contribution < 1.29 is 19.0 Å². The zero-order valence-corrected chi connectivity index (χ0v) is 17.4. The standard InChI is InChI=1S/C26H26O4/c1-19-8-10-20(11-9-19)25(27)24-13-12-23(28-2)18-21(24)14-15-26(29-16-17-30-26)22-6-4-3-5-7-22/h3-13,18H,14-17H2,1-2H3. The number of hydrogen-bond donors (Lipinski definition) is 0. The van der Waals surface area contributed by atoms with Gasteiger partial charge in [0.25, 0.3) is 0 Å². The molecule has 0 N–H and O–H groups in total. The van der Waals surface area contributed by atoms with Crippen molar-refractivity contribution in [2.45, 2.75) is 25.6 Å². The van der Waals surface area contributed by atoms with Crippen LogP contribution in [0.4, 0.5) is 0 Å². The summed E-state index contributed by atoms with van der Waals surface area (Å²) in [6, 6.07) is 23.3. The number of hydrogen-bond acceptors (Lipinski definition) is 4. The summed E-state index contributed by atoms with van der Waals surface area (Å²) in [5.74, 6) is -0.0451. The van der Waals surface area contributed by atoms with Crippen molar-refractivity contribution in [2.24, 2.45) is 0 Å². The van der Waals surface area contributed by atoms with Crippen LogP contribution in [0.5, 0.6) is 5.75 Å². The maximum absolute atomic E-state index is 13.2. The lowest BCUT2D eigenvalue weighted by molar-refractivity contribution is -0.170. The SMILES string of the molecule is COc1ccc(C(=O)c2ccc(C)cc2)c(CCC2(c3ccccc3)OCCO2)c1. The third-order valence-electron chi connectivity index (χ3n) is 5.56. The van der Waals surface area contributed by atoms with Crippen LogP contribution in [-0.4, -0.2) is 26.1 Å². The molecule has 0 saturated carbocycles. The average Bonchev–Trinajstić information content (AvgIpc) is 3.28. The molecule has 1 saturated heterocycles. The van der Waals surface area contributed by atoms with E-state index in [1.807, 2.05) is 79.7 Å². The molecule has 3 aromatic carbocycles. The molecule has 4 rings (SSSR count). The molecule has 1 heterocycles. The smallest absolute Gasteiger partial charge is 0.195 e. The van der Waals surface area contributed by atoms with E-state index in [1.54, 1.807) is 7.11 Å². The van der Waals surface area contributed by atoms with E-state index in [0.29, 0.717) is 37.2 Å². The molecular weight excluding hydrogens is 376 g/mol. The van der Waals surface area contributed by atoms with Crippen molar-refractivity contribution in [3.05, 3.63) is 101 Å². The lowest BCUT2D eigenvalue weighted by atomic mass is 9.92. The fraction of sp³-hybridized carbons (Fsp3) is 0.269. The first-order valence-electron chi connectivity index (χ1n) is 10.2. The third kappa shape index (κ3) is 4.16. The minimum atomic E-state index is -0.783. The van der Waals surface area contributed by atoms with Crippen LogP contribution in [0.1, 0.15) is 39.0 Å². The van der Waals surface area contributed by atoms with Gasteiger partial charge in [0.1, 0.15) is 5.75 Å². The van der Waals surface area contributed by atoms with Gasteiger partial charge >= 0.3 is 0 Å². The number of aryl methyl sites for hydroxylation is 2. The molecule has 0 aromatic heterocycles. The lowest BCUT2D eigenvalue weighted by Gasteiger charge is -2.28. The zero-order chi connectivity index (χ0) is 21.0. The van der Waals surface area contributed by atoms with Crippen molar-refractivity contribution in [3.63, 3.8) is 0 Å². The van der Waals surface area contributed by atoms with Crippen LogP contribution in [0.25, 0.3) is 0 Å². The number of benzene rings is 3. The van der Waals surface area contributed by atoms with Gasteiger partial charge in [-0.2, -0.15) is 0 Å².